The van der Waals surface area contributed by atoms with E-state index < -0.39 is 0 Å². The molecule has 0 unspecified atom stereocenters. The molecule has 610 valence electrons. The number of hydrogen-bond donors (Lipinski definition) is 5. The molecular formula is C100H120N6O5S5. The van der Waals surface area contributed by atoms with E-state index in [1.807, 2.05) is 58.8 Å². The summed E-state index contributed by atoms with van der Waals surface area (Å²) < 4.78 is 31.1. The van der Waals surface area contributed by atoms with E-state index >= 15 is 0 Å². The fraction of sp³-hybridized carbons (Fsp3) is 0.400. The van der Waals surface area contributed by atoms with E-state index in [2.05, 4.69) is 329 Å². The summed E-state index contributed by atoms with van der Waals surface area (Å²) in [5, 5.41) is 0. The zero-order chi connectivity index (χ0) is 80.4. The number of nitrogens with two attached hydrogens (primary N) is 5. The average molecular weight is 1650 g/mol. The number of rotatable bonds is 10. The maximum absolute atomic E-state index is 6.72. The second-order valence-corrected chi connectivity index (χ2v) is 39.0. The largest absolute Gasteiger partial charge is 0.381 e. The van der Waals surface area contributed by atoms with Crippen LogP contribution in [0.4, 0.5) is 0 Å². The van der Waals surface area contributed by atoms with E-state index in [0.717, 1.165) is 87.0 Å². The third kappa shape index (κ3) is 17.7. The molecule has 0 radical (unpaired) electrons. The van der Waals surface area contributed by atoms with E-state index in [0.29, 0.717) is 26.4 Å². The van der Waals surface area contributed by atoms with Crippen molar-refractivity contribution in [2.24, 2.45) is 28.7 Å². The van der Waals surface area contributed by atoms with Crippen molar-refractivity contribution in [1.29, 1.82) is 0 Å². The average Bonchev–Trinajstić information content (AvgIpc) is 1.53. The molecule has 3 spiro atoms. The topological polar surface area (TPSA) is 179 Å². The molecule has 2 saturated carbocycles. The second kappa shape index (κ2) is 39.4. The third-order valence-corrected chi connectivity index (χ3v) is 34.3. The minimum Gasteiger partial charge on any atom is -0.381 e. The molecule has 8 aliphatic rings. The van der Waals surface area contributed by atoms with Crippen molar-refractivity contribution in [2.75, 3.05) is 82.0 Å². The Hall–Kier alpha value is -6.49. The minimum atomic E-state index is -0.353. The summed E-state index contributed by atoms with van der Waals surface area (Å²) in [5.41, 5.74) is 43.5. The van der Waals surface area contributed by atoms with Gasteiger partial charge in [-0.05, 0) is 102 Å². The quantitative estimate of drug-likeness (QED) is 0.0872. The first-order valence-corrected chi connectivity index (χ1v) is 46.9. The summed E-state index contributed by atoms with van der Waals surface area (Å²) in [4.78, 5) is 2.26. The molecule has 11 nitrogen and oxygen atoms in total. The van der Waals surface area contributed by atoms with Gasteiger partial charge in [0.15, 0.2) is 0 Å². The number of thioether (sulfide) groups is 5. The Morgan fingerprint density at radius 2 is 0.491 bits per heavy atom. The van der Waals surface area contributed by atoms with Gasteiger partial charge in [-0.1, -0.05) is 335 Å². The van der Waals surface area contributed by atoms with Gasteiger partial charge in [-0.15, -0.1) is 58.8 Å². The zero-order valence-electron chi connectivity index (χ0n) is 67.9. The van der Waals surface area contributed by atoms with E-state index in [9.17, 15) is 0 Å². The number of nitrogens with zero attached hydrogens (tertiary/aromatic N) is 1. The van der Waals surface area contributed by atoms with Gasteiger partial charge in [0.25, 0.3) is 0 Å². The van der Waals surface area contributed by atoms with Crippen LogP contribution in [0.5, 0.6) is 0 Å². The van der Waals surface area contributed by atoms with Crippen LogP contribution in [-0.2, 0) is 47.5 Å². The maximum atomic E-state index is 6.72. The SMILES string of the molecule is CC1(C)OC[C@@H](N)CSC1(c1ccccc1)c1ccccc1.CN1C[C@@H](N)CSC1(c1ccccc1)c1ccccc1.N[C@@H]1COC2(CCCC2)C(c2ccccc2)(c2ccccc2)SC1.N[C@@H]1COC2(CCCCC2)C(c2ccccc2)(c2ccccc2)SC1.N[C@@H]1COC2(CCOCC2)C(c2ccccc2)(c2ccccc2)SC1. The zero-order valence-corrected chi connectivity index (χ0v) is 72.0. The maximum Gasteiger partial charge on any atom is 0.118 e. The number of ether oxygens (including phenoxy) is 5. The van der Waals surface area contributed by atoms with Crippen molar-refractivity contribution in [3.8, 4) is 0 Å². The van der Waals surface area contributed by atoms with Crippen LogP contribution in [-0.4, -0.2) is 140 Å². The molecule has 2 aliphatic carbocycles. The van der Waals surface area contributed by atoms with Crippen molar-refractivity contribution >= 4 is 58.8 Å². The fourth-order valence-electron chi connectivity index (χ4n) is 19.4. The summed E-state index contributed by atoms with van der Waals surface area (Å²) in [5.74, 6) is 4.59. The lowest BCUT2D eigenvalue weighted by Gasteiger charge is -2.51. The Kier molecular flexibility index (Phi) is 29.1. The molecule has 0 amide bonds. The van der Waals surface area contributed by atoms with Crippen LogP contribution >= 0.6 is 58.8 Å². The molecule has 116 heavy (non-hydrogen) atoms. The Morgan fingerprint density at radius 1 is 0.267 bits per heavy atom. The highest BCUT2D eigenvalue weighted by molar-refractivity contribution is 8.01. The van der Waals surface area contributed by atoms with Crippen LogP contribution in [0.3, 0.4) is 0 Å². The van der Waals surface area contributed by atoms with E-state index in [1.165, 1.54) is 87.7 Å². The Morgan fingerprint density at radius 3 is 0.767 bits per heavy atom. The number of hydrogen-bond acceptors (Lipinski definition) is 16. The van der Waals surface area contributed by atoms with Crippen LogP contribution < -0.4 is 28.7 Å². The van der Waals surface area contributed by atoms with Gasteiger partial charge in [0.05, 0.1) is 67.8 Å². The lowest BCUT2D eigenvalue weighted by Crippen LogP contribution is -2.55. The first-order chi connectivity index (χ1) is 56.6. The first-order valence-electron chi connectivity index (χ1n) is 42.0. The number of benzene rings is 10. The van der Waals surface area contributed by atoms with Gasteiger partial charge in [0.2, 0.25) is 0 Å². The second-order valence-electron chi connectivity index (χ2n) is 32.9. The Bertz CT molecular complexity index is 4240. The summed E-state index contributed by atoms with van der Waals surface area (Å²) in [7, 11) is 2.17. The van der Waals surface area contributed by atoms with Crippen molar-refractivity contribution in [2.45, 2.75) is 161 Å². The molecule has 6 aliphatic heterocycles. The van der Waals surface area contributed by atoms with Crippen LogP contribution in [0, 0.1) is 0 Å². The highest BCUT2D eigenvalue weighted by Crippen LogP contribution is 2.63. The van der Waals surface area contributed by atoms with Gasteiger partial charge in [-0.3, -0.25) is 4.90 Å². The lowest BCUT2D eigenvalue weighted by molar-refractivity contribution is -0.126. The normalized spacial score (nSPS) is 24.6. The van der Waals surface area contributed by atoms with Crippen molar-refractivity contribution in [1.82, 2.24) is 4.90 Å². The van der Waals surface area contributed by atoms with Crippen LogP contribution in [0.1, 0.15) is 140 Å². The third-order valence-electron chi connectivity index (χ3n) is 24.9. The van der Waals surface area contributed by atoms with Gasteiger partial charge in [0.1, 0.15) is 4.87 Å². The highest BCUT2D eigenvalue weighted by Gasteiger charge is 2.61. The van der Waals surface area contributed by atoms with Crippen LogP contribution in [0.2, 0.25) is 0 Å². The molecular weight excluding hydrogens is 1530 g/mol. The van der Waals surface area contributed by atoms with Gasteiger partial charge >= 0.3 is 0 Å². The summed E-state index contributed by atoms with van der Waals surface area (Å²) in [6.45, 7) is 9.26. The summed E-state index contributed by atoms with van der Waals surface area (Å²) >= 11 is 9.78. The standard InChI is InChI=1S/C22H27NOS.C21H25NO2S.C21H25NOS.C19H23NOS.C17H20N2S/c23-20-16-24-21(14-8-3-9-15-21)22(25-17-20,18-10-4-1-5-11-18)19-12-6-2-7-13-19;22-19-15-24-20(11-13-23-14-12-20)21(25-16-19,17-7-3-1-4-8-17)18-9-5-2-6-10-18;22-19-15-23-20(13-7-8-14-20)21(24-16-19,17-9-3-1-4-10-17)18-11-5-2-6-12-18;1-18(2)19(15-9-5-3-6-10-15,16-11-7-4-8-12-16)22-14-17(20)13-21-18;1-19-12-16(18)13-20-17(19,14-8-4-2-5-9-14)15-10-6-3-7-11-15/h1-2,4-7,10-13,20H,3,8-9,14-17,23H2;1-10,19H,11-16,22H2;1-6,9-12,19H,7-8,13-16,22H2;3-12,17H,13-14,20H2,1-2H3;2-11,16H,12-13,18H2,1H3/t20-;2*19-;17-;16-/m11111/s1. The molecule has 8 fully saturated rings. The van der Waals surface area contributed by atoms with Gasteiger partial charge in [-0.25, -0.2) is 0 Å². The van der Waals surface area contributed by atoms with Crippen molar-refractivity contribution in [3.63, 3.8) is 0 Å². The molecule has 5 atom stereocenters. The van der Waals surface area contributed by atoms with E-state index in [1.54, 1.807) is 0 Å². The van der Waals surface area contributed by atoms with E-state index in [-0.39, 0.29) is 76.5 Å². The number of likely N-dealkylation sites (N-methyl/N-ethyl adjacent to an activating group) is 1. The van der Waals surface area contributed by atoms with Gasteiger partial charge in [0, 0.05) is 91.6 Å². The predicted octanol–water partition coefficient (Wildman–Crippen LogP) is 19.3. The molecule has 10 aromatic rings. The van der Waals surface area contributed by atoms with E-state index in [4.69, 9.17) is 52.4 Å². The lowest BCUT2D eigenvalue weighted by atomic mass is 9.69. The molecule has 10 N–H and O–H groups in total. The fourth-order valence-corrected chi connectivity index (χ4v) is 27.5. The molecule has 6 heterocycles. The molecule has 18 rings (SSSR count). The van der Waals surface area contributed by atoms with Crippen LogP contribution in [0.15, 0.2) is 303 Å². The molecule has 10 aromatic carbocycles. The minimum absolute atomic E-state index is 0.0546. The first kappa shape index (κ1) is 85.9. The molecule has 0 aromatic heterocycles. The highest BCUT2D eigenvalue weighted by atomic mass is 32.2. The predicted molar refractivity (Wildman–Crippen MR) is 491 cm³/mol. The molecule has 0 bridgehead atoms. The molecule has 6 saturated heterocycles. The Balaban J connectivity index is 0.000000120. The smallest absolute Gasteiger partial charge is 0.118 e. The monoisotopic (exact) mass is 1640 g/mol. The van der Waals surface area contributed by atoms with Gasteiger partial charge in [-0.2, -0.15) is 0 Å². The summed E-state index contributed by atoms with van der Waals surface area (Å²) in [6, 6.07) is 109. The van der Waals surface area contributed by atoms with Crippen molar-refractivity contribution in [3.05, 3.63) is 359 Å². The van der Waals surface area contributed by atoms with Gasteiger partial charge < -0.3 is 52.4 Å². The summed E-state index contributed by atoms with van der Waals surface area (Å²) in [6.07, 6.45) is 12.4. The molecule has 16 heteroatoms. The Labute approximate surface area is 712 Å². The van der Waals surface area contributed by atoms with Crippen LogP contribution in [0.25, 0.3) is 0 Å². The van der Waals surface area contributed by atoms with Crippen molar-refractivity contribution < 1.29 is 23.7 Å².